The van der Waals surface area contributed by atoms with Crippen LogP contribution in [0.1, 0.15) is 0 Å². The van der Waals surface area contributed by atoms with Crippen molar-refractivity contribution in [3.63, 3.8) is 0 Å². The fourth-order valence-corrected chi connectivity index (χ4v) is 7.93. The predicted octanol–water partition coefficient (Wildman–Crippen LogP) is -21.6. The molecule has 0 aromatic heterocycles. The average Bonchev–Trinajstić information content (AvgIpc) is 2.95. The molecule has 2 N–H and O–H groups in total. The normalized spacial score (nSPS) is 11.6. The van der Waals surface area contributed by atoms with E-state index < -0.39 is 7.12 Å². The molecule has 0 saturated heterocycles. The molecule has 0 amide bonds. The Bertz CT molecular complexity index is 1980. The second kappa shape index (κ2) is 10.5. The van der Waals surface area contributed by atoms with E-state index in [0.717, 1.165) is 32.5 Å². The Kier molecular flexibility index (Phi) is 7.80. The summed E-state index contributed by atoms with van der Waals surface area (Å²) in [5, 5.41) is 29.3. The maximum atomic E-state index is 11.1. The molecule has 0 atom stereocenters. The summed E-state index contributed by atoms with van der Waals surface area (Å²) in [6, 6.07) is 0. The maximum absolute atomic E-state index is 11.1. The quantitative estimate of drug-likeness (QED) is 0.178. The van der Waals surface area contributed by atoms with E-state index >= 15 is 0 Å². The number of hydrogen-bond donors (Lipinski definition) is 2. The molecule has 0 bridgehead atoms. The summed E-state index contributed by atoms with van der Waals surface area (Å²) in [6.07, 6.45) is 0. The van der Waals surface area contributed by atoms with Crippen LogP contribution in [0.3, 0.4) is 0 Å². The summed E-state index contributed by atoms with van der Waals surface area (Å²) >= 11 is 0. The minimum atomic E-state index is -1.59. The fraction of sp³-hybridized carbons (Fsp3) is 0. The number of hydrogen-bond acceptors (Lipinski definition) is 2. The van der Waals surface area contributed by atoms with Crippen LogP contribution in [0, 0.1) is 0 Å². The van der Waals surface area contributed by atoms with Crippen molar-refractivity contribution in [2.24, 2.45) is 0 Å². The molecule has 0 spiro atoms. The third kappa shape index (κ3) is 3.96. The van der Waals surface area contributed by atoms with Gasteiger partial charge in [-0.2, -0.15) is 0 Å². The lowest BCUT2D eigenvalue weighted by atomic mass is 9.55. The van der Waals surface area contributed by atoms with Crippen LogP contribution in [-0.4, -0.2) is 135 Å². The van der Waals surface area contributed by atoms with Gasteiger partial charge in [-0.25, -0.2) is 0 Å². The summed E-state index contributed by atoms with van der Waals surface area (Å²) in [7, 11) is 31.9. The van der Waals surface area contributed by atoms with Gasteiger partial charge in [0.25, 0.3) is 0 Å². The first-order valence-corrected chi connectivity index (χ1v) is 15.3. The van der Waals surface area contributed by atoms with Gasteiger partial charge in [-0.05, 0) is 48.9 Å². The lowest BCUT2D eigenvalue weighted by molar-refractivity contribution is 0.426. The Hall–Kier alpha value is -2.16. The third-order valence-electron chi connectivity index (χ3n) is 11.7. The van der Waals surface area contributed by atoms with Gasteiger partial charge in [0, 0.05) is 0 Å². The smallest absolute Gasteiger partial charge is 0.423 e. The number of benzene rings is 5. The van der Waals surface area contributed by atoms with Crippen LogP contribution in [-0.2, 0) is 0 Å². The monoisotopic (exact) mass is 528 g/mol. The van der Waals surface area contributed by atoms with E-state index in [-0.39, 0.29) is 0 Å². The molecule has 0 radical (unpaired) electrons. The van der Waals surface area contributed by atoms with Crippen molar-refractivity contribution in [3.8, 4) is 11.1 Å². The first-order chi connectivity index (χ1) is 19.5. The van der Waals surface area contributed by atoms with E-state index in [0.29, 0.717) is 5.46 Å². The standard InChI is InChI=1S/C24H32B16O2/c25-9-2(5-6(13(29)17(9)33)14(30)21(37)20(36)12(5)28)1-3-7(15(31)22(38)18(34)10(3)26)24(40(41)42)8-4(1)11(27)19(35)23(39)16(8)32/h41-42H,25-39H2. The second-order valence-electron chi connectivity index (χ2n) is 13.2. The van der Waals surface area contributed by atoms with Crippen molar-refractivity contribution in [1.82, 2.24) is 0 Å². The van der Waals surface area contributed by atoms with Crippen LogP contribution >= 0.6 is 0 Å². The topological polar surface area (TPSA) is 40.5 Å². The van der Waals surface area contributed by atoms with Gasteiger partial charge in [0.15, 0.2) is 0 Å². The Morgan fingerprint density at radius 1 is 0.262 bits per heavy atom. The molecule has 5 aromatic rings. The third-order valence-corrected chi connectivity index (χ3v) is 11.7. The first-order valence-electron chi connectivity index (χ1n) is 15.3. The molecule has 188 valence electrons. The van der Waals surface area contributed by atoms with Crippen molar-refractivity contribution in [2.75, 3.05) is 0 Å². The van der Waals surface area contributed by atoms with E-state index in [2.05, 4.69) is 118 Å². The van der Waals surface area contributed by atoms with Crippen molar-refractivity contribution in [3.05, 3.63) is 0 Å². The first kappa shape index (κ1) is 31.3. The molecule has 0 unspecified atom stereocenters. The second-order valence-corrected chi connectivity index (χ2v) is 13.2. The molecule has 5 rings (SSSR count). The molecule has 42 heavy (non-hydrogen) atoms. The average molecular weight is 526 g/mol. The van der Waals surface area contributed by atoms with Gasteiger partial charge in [-0.1, -0.05) is 43.7 Å². The lowest BCUT2D eigenvalue weighted by Gasteiger charge is -2.31. The van der Waals surface area contributed by atoms with Crippen LogP contribution in [0.4, 0.5) is 0 Å². The minimum absolute atomic E-state index is 0.641. The molecular formula is C24H32B16O2. The van der Waals surface area contributed by atoms with Crippen molar-refractivity contribution >= 4 is 245 Å². The van der Waals surface area contributed by atoms with E-state index in [9.17, 15) is 10.0 Å². The molecule has 0 aliphatic heterocycles. The molecule has 5 aromatic carbocycles. The Morgan fingerprint density at radius 2 is 0.500 bits per heavy atom. The van der Waals surface area contributed by atoms with E-state index in [1.165, 1.54) is 92.9 Å². The van der Waals surface area contributed by atoms with E-state index in [4.69, 9.17) is 0 Å². The molecule has 0 fully saturated rings. The molecule has 0 aliphatic rings. The SMILES string of the molecule is Bc1c(B)c(B)c2c(-c3c4c(B)c(B)c(B)c(B)c4c(B(O)O)c4c(B)c(B)c(B)c(B)c34)c(B)c(B)c(B)c2c1B. The van der Waals surface area contributed by atoms with Gasteiger partial charge in [-0.15, -0.1) is 38.2 Å². The van der Waals surface area contributed by atoms with Crippen LogP contribution in [0.5, 0.6) is 0 Å². The summed E-state index contributed by atoms with van der Waals surface area (Å²) < 4.78 is 0. The van der Waals surface area contributed by atoms with Crippen molar-refractivity contribution < 1.29 is 10.0 Å². The van der Waals surface area contributed by atoms with Crippen LogP contribution < -0.4 is 87.4 Å². The van der Waals surface area contributed by atoms with Crippen LogP contribution in [0.2, 0.25) is 0 Å². The highest BCUT2D eigenvalue weighted by atomic mass is 16.4. The predicted molar refractivity (Wildman–Crippen MR) is 237 cm³/mol. The van der Waals surface area contributed by atoms with Gasteiger partial charge in [-0.3, -0.25) is 0 Å². The summed E-state index contributed by atoms with van der Waals surface area (Å²) in [6.45, 7) is 0. The van der Waals surface area contributed by atoms with Gasteiger partial charge >= 0.3 is 7.12 Å². The molecule has 0 saturated carbocycles. The highest BCUT2D eigenvalue weighted by Crippen LogP contribution is 2.34. The maximum Gasteiger partial charge on any atom is 0.489 e. The Labute approximate surface area is 264 Å². The molecular weight excluding hydrogens is 493 g/mol. The zero-order valence-corrected chi connectivity index (χ0v) is 28.5. The highest BCUT2D eigenvalue weighted by molar-refractivity contribution is 6.78. The van der Waals surface area contributed by atoms with E-state index in [1.807, 2.05) is 0 Å². The van der Waals surface area contributed by atoms with E-state index in [1.54, 1.807) is 0 Å². The van der Waals surface area contributed by atoms with Gasteiger partial charge in [0.05, 0.1) is 0 Å². The number of fused-ring (bicyclic) bond motifs is 3. The summed E-state index contributed by atoms with van der Waals surface area (Å²) in [5.74, 6) is 0. The van der Waals surface area contributed by atoms with Crippen molar-refractivity contribution in [1.29, 1.82) is 0 Å². The Balaban J connectivity index is 2.36. The number of rotatable bonds is 2. The van der Waals surface area contributed by atoms with Gasteiger partial charge in [0.1, 0.15) is 118 Å². The summed E-state index contributed by atoms with van der Waals surface area (Å²) in [4.78, 5) is 0. The largest absolute Gasteiger partial charge is 0.489 e. The molecule has 18 heteroatoms. The Morgan fingerprint density at radius 3 is 0.810 bits per heavy atom. The molecule has 0 heterocycles. The van der Waals surface area contributed by atoms with Gasteiger partial charge < -0.3 is 10.0 Å². The summed E-state index contributed by atoms with van der Waals surface area (Å²) in [5.41, 5.74) is 22.2. The zero-order valence-electron chi connectivity index (χ0n) is 28.5. The zero-order chi connectivity index (χ0) is 31.4. The molecule has 0 aliphatic carbocycles. The minimum Gasteiger partial charge on any atom is -0.423 e. The highest BCUT2D eigenvalue weighted by Gasteiger charge is 2.30. The van der Waals surface area contributed by atoms with Crippen LogP contribution in [0.25, 0.3) is 43.4 Å². The molecule has 2 nitrogen and oxygen atoms in total. The fourth-order valence-electron chi connectivity index (χ4n) is 7.93. The lowest BCUT2D eigenvalue weighted by Crippen LogP contribution is -2.54. The van der Waals surface area contributed by atoms with Gasteiger partial charge in [0.2, 0.25) is 0 Å². The van der Waals surface area contributed by atoms with Crippen molar-refractivity contribution in [2.45, 2.75) is 0 Å². The van der Waals surface area contributed by atoms with Crippen LogP contribution in [0.15, 0.2) is 0 Å².